The van der Waals surface area contributed by atoms with Crippen molar-refractivity contribution < 1.29 is 4.42 Å². The molecule has 0 saturated carbocycles. The fourth-order valence-corrected chi connectivity index (χ4v) is 3.73. The fraction of sp³-hybridized carbons (Fsp3) is 0.364. The first-order chi connectivity index (χ1) is 13.7. The second-order valence-corrected chi connectivity index (χ2v) is 7.08. The molecule has 0 bridgehead atoms. The van der Waals surface area contributed by atoms with E-state index in [1.165, 1.54) is 0 Å². The lowest BCUT2D eigenvalue weighted by molar-refractivity contribution is 0.223. The Hall–Kier alpha value is -2.86. The standard InChI is InChI=1S/C22H26N4O2/c1-3-26(4-2)20-11-10-17(28-20)14-25-13-12-19-18(15-25)22(27)24-21(23-19)16-8-6-5-7-9-16/h5-11H,3-4,12-15H2,1-2H3,(H,23,24,27). The molecule has 1 aromatic carbocycles. The molecule has 3 aromatic rings. The lowest BCUT2D eigenvalue weighted by Crippen LogP contribution is -2.35. The van der Waals surface area contributed by atoms with E-state index in [-0.39, 0.29) is 5.56 Å². The maximum atomic E-state index is 12.7. The molecule has 0 fully saturated rings. The van der Waals surface area contributed by atoms with Crippen molar-refractivity contribution in [1.82, 2.24) is 14.9 Å². The molecule has 1 aliphatic rings. The smallest absolute Gasteiger partial charge is 0.255 e. The average molecular weight is 378 g/mol. The lowest BCUT2D eigenvalue weighted by Gasteiger charge is -2.27. The topological polar surface area (TPSA) is 65.4 Å². The number of anilines is 1. The second-order valence-electron chi connectivity index (χ2n) is 7.08. The summed E-state index contributed by atoms with van der Waals surface area (Å²) in [4.78, 5) is 24.8. The number of nitrogens with zero attached hydrogens (tertiary/aromatic N) is 3. The van der Waals surface area contributed by atoms with Gasteiger partial charge in [0.05, 0.1) is 17.8 Å². The quantitative estimate of drug-likeness (QED) is 0.712. The maximum Gasteiger partial charge on any atom is 0.255 e. The van der Waals surface area contributed by atoms with Gasteiger partial charge in [0.2, 0.25) is 0 Å². The zero-order valence-corrected chi connectivity index (χ0v) is 16.4. The average Bonchev–Trinajstić information content (AvgIpc) is 3.18. The summed E-state index contributed by atoms with van der Waals surface area (Å²) in [5.41, 5.74) is 2.56. The number of fused-ring (bicyclic) bond motifs is 1. The van der Waals surface area contributed by atoms with Crippen LogP contribution in [-0.4, -0.2) is 34.5 Å². The van der Waals surface area contributed by atoms with Crippen LogP contribution in [0.2, 0.25) is 0 Å². The van der Waals surface area contributed by atoms with Crippen molar-refractivity contribution in [2.45, 2.75) is 33.4 Å². The molecule has 2 aromatic heterocycles. The summed E-state index contributed by atoms with van der Waals surface area (Å²) in [6, 6.07) is 13.8. The maximum absolute atomic E-state index is 12.7. The third-order valence-electron chi connectivity index (χ3n) is 5.30. The molecule has 0 atom stereocenters. The Bertz CT molecular complexity index is 989. The van der Waals surface area contributed by atoms with Crippen molar-refractivity contribution in [1.29, 1.82) is 0 Å². The number of benzene rings is 1. The zero-order chi connectivity index (χ0) is 19.5. The number of hydrogen-bond acceptors (Lipinski definition) is 5. The van der Waals surface area contributed by atoms with E-state index in [9.17, 15) is 4.79 Å². The monoisotopic (exact) mass is 378 g/mol. The van der Waals surface area contributed by atoms with E-state index in [1.807, 2.05) is 42.5 Å². The molecule has 28 heavy (non-hydrogen) atoms. The van der Waals surface area contributed by atoms with Gasteiger partial charge in [-0.2, -0.15) is 0 Å². The van der Waals surface area contributed by atoms with Gasteiger partial charge in [0.25, 0.3) is 5.56 Å². The summed E-state index contributed by atoms with van der Waals surface area (Å²) < 4.78 is 6.01. The third kappa shape index (κ3) is 3.73. The van der Waals surface area contributed by atoms with Crippen LogP contribution in [0.3, 0.4) is 0 Å². The molecule has 0 saturated heterocycles. The number of hydrogen-bond donors (Lipinski definition) is 1. The number of nitrogens with one attached hydrogen (secondary N) is 1. The summed E-state index contributed by atoms with van der Waals surface area (Å²) in [6.07, 6.45) is 0.767. The van der Waals surface area contributed by atoms with E-state index < -0.39 is 0 Å². The predicted molar refractivity (Wildman–Crippen MR) is 110 cm³/mol. The van der Waals surface area contributed by atoms with E-state index >= 15 is 0 Å². The number of aromatic amines is 1. The van der Waals surface area contributed by atoms with Crippen LogP contribution >= 0.6 is 0 Å². The number of rotatable bonds is 6. The van der Waals surface area contributed by atoms with Crippen molar-refractivity contribution in [2.75, 3.05) is 24.5 Å². The minimum absolute atomic E-state index is 0.0446. The third-order valence-corrected chi connectivity index (χ3v) is 5.30. The molecule has 146 valence electrons. The molecule has 0 amide bonds. The van der Waals surface area contributed by atoms with Gasteiger partial charge in [0, 0.05) is 44.2 Å². The van der Waals surface area contributed by atoms with Gasteiger partial charge in [-0.25, -0.2) is 4.98 Å². The first-order valence-corrected chi connectivity index (χ1v) is 9.91. The van der Waals surface area contributed by atoms with Crippen LogP contribution in [-0.2, 0) is 19.5 Å². The molecule has 0 radical (unpaired) electrons. The largest absolute Gasteiger partial charge is 0.444 e. The van der Waals surface area contributed by atoms with E-state index in [2.05, 4.69) is 28.6 Å². The molecule has 1 N–H and O–H groups in total. The van der Waals surface area contributed by atoms with E-state index in [4.69, 9.17) is 9.40 Å². The highest BCUT2D eigenvalue weighted by atomic mass is 16.4. The Morgan fingerprint density at radius 2 is 1.93 bits per heavy atom. The molecular weight excluding hydrogens is 352 g/mol. The molecular formula is C22H26N4O2. The minimum atomic E-state index is -0.0446. The molecule has 1 aliphatic heterocycles. The van der Waals surface area contributed by atoms with Gasteiger partial charge in [0.1, 0.15) is 11.6 Å². The second kappa shape index (κ2) is 8.02. The highest BCUT2D eigenvalue weighted by Gasteiger charge is 2.22. The molecule has 0 aliphatic carbocycles. The van der Waals surface area contributed by atoms with Gasteiger partial charge >= 0.3 is 0 Å². The summed E-state index contributed by atoms with van der Waals surface area (Å²) in [5, 5.41) is 0. The SMILES string of the molecule is CCN(CC)c1ccc(CN2CCc3nc(-c4ccccc4)[nH]c(=O)c3C2)o1. The van der Waals surface area contributed by atoms with E-state index in [0.29, 0.717) is 18.9 Å². The Morgan fingerprint density at radius 3 is 2.68 bits per heavy atom. The van der Waals surface area contributed by atoms with Gasteiger partial charge in [0.15, 0.2) is 5.88 Å². The van der Waals surface area contributed by atoms with Crippen LogP contribution in [0.5, 0.6) is 0 Å². The molecule has 0 spiro atoms. The summed E-state index contributed by atoms with van der Waals surface area (Å²) >= 11 is 0. The van der Waals surface area contributed by atoms with Gasteiger partial charge in [-0.3, -0.25) is 9.69 Å². The van der Waals surface area contributed by atoms with Crippen LogP contribution in [0.15, 0.2) is 51.7 Å². The molecule has 0 unspecified atom stereocenters. The molecule has 3 heterocycles. The zero-order valence-electron chi connectivity index (χ0n) is 16.4. The van der Waals surface area contributed by atoms with Crippen LogP contribution in [0, 0.1) is 0 Å². The summed E-state index contributed by atoms with van der Waals surface area (Å²) in [6.45, 7) is 8.23. The van der Waals surface area contributed by atoms with Crippen LogP contribution in [0.1, 0.15) is 30.9 Å². The lowest BCUT2D eigenvalue weighted by atomic mass is 10.1. The van der Waals surface area contributed by atoms with E-state index in [0.717, 1.165) is 54.5 Å². The number of H-pyrrole nitrogens is 1. The Labute approximate surface area is 164 Å². The number of furan rings is 1. The van der Waals surface area contributed by atoms with E-state index in [1.54, 1.807) is 0 Å². The van der Waals surface area contributed by atoms with Gasteiger partial charge in [-0.15, -0.1) is 0 Å². The van der Waals surface area contributed by atoms with Crippen molar-refractivity contribution in [2.24, 2.45) is 0 Å². The van der Waals surface area contributed by atoms with Gasteiger partial charge in [-0.05, 0) is 19.9 Å². The van der Waals surface area contributed by atoms with Gasteiger partial charge < -0.3 is 14.3 Å². The molecule has 4 rings (SSSR count). The van der Waals surface area contributed by atoms with Crippen molar-refractivity contribution in [3.63, 3.8) is 0 Å². The van der Waals surface area contributed by atoms with Crippen molar-refractivity contribution >= 4 is 5.88 Å². The summed E-state index contributed by atoms with van der Waals surface area (Å²) in [5.74, 6) is 2.48. The van der Waals surface area contributed by atoms with Crippen molar-refractivity contribution in [3.8, 4) is 11.4 Å². The Balaban J connectivity index is 1.50. The Morgan fingerprint density at radius 1 is 1.14 bits per heavy atom. The van der Waals surface area contributed by atoms with Crippen molar-refractivity contribution in [3.05, 3.63) is 69.8 Å². The highest BCUT2D eigenvalue weighted by Crippen LogP contribution is 2.23. The molecule has 6 nitrogen and oxygen atoms in total. The fourth-order valence-electron chi connectivity index (χ4n) is 3.73. The van der Waals surface area contributed by atoms with Crippen LogP contribution in [0.25, 0.3) is 11.4 Å². The highest BCUT2D eigenvalue weighted by molar-refractivity contribution is 5.54. The predicted octanol–water partition coefficient (Wildman–Crippen LogP) is 3.43. The first kappa shape index (κ1) is 18.5. The van der Waals surface area contributed by atoms with Crippen LogP contribution in [0.4, 0.5) is 5.88 Å². The minimum Gasteiger partial charge on any atom is -0.444 e. The number of aromatic nitrogens is 2. The van der Waals surface area contributed by atoms with Crippen LogP contribution < -0.4 is 10.5 Å². The molecule has 6 heteroatoms. The Kier molecular flexibility index (Phi) is 5.30. The van der Waals surface area contributed by atoms with Gasteiger partial charge in [-0.1, -0.05) is 30.3 Å². The summed E-state index contributed by atoms with van der Waals surface area (Å²) in [7, 11) is 0. The normalized spacial score (nSPS) is 14.1. The first-order valence-electron chi connectivity index (χ1n) is 9.91.